The van der Waals surface area contributed by atoms with Crippen molar-refractivity contribution in [2.45, 2.75) is 26.8 Å². The van der Waals surface area contributed by atoms with Crippen molar-refractivity contribution in [3.63, 3.8) is 0 Å². The second-order valence-corrected chi connectivity index (χ2v) is 5.07. The number of amides is 1. The fraction of sp³-hybridized carbons (Fsp3) is 0.455. The summed E-state index contributed by atoms with van der Waals surface area (Å²) in [6.45, 7) is 5.72. The minimum atomic E-state index is -0.590. The number of nitrogens with one attached hydrogen (secondary N) is 1. The van der Waals surface area contributed by atoms with Crippen LogP contribution >= 0.6 is 11.6 Å². The quantitative estimate of drug-likeness (QED) is 0.779. The molecule has 1 atom stereocenters. The first-order valence-corrected chi connectivity index (χ1v) is 5.37. The summed E-state index contributed by atoms with van der Waals surface area (Å²) in [6, 6.07) is 4.43. The lowest BCUT2D eigenvalue weighted by molar-refractivity contribution is -0.119. The summed E-state index contributed by atoms with van der Waals surface area (Å²) in [6.07, 6.45) is 0. The van der Waals surface area contributed by atoms with Crippen molar-refractivity contribution in [3.05, 3.63) is 23.4 Å². The van der Waals surface area contributed by atoms with Crippen LogP contribution in [0.4, 0.5) is 5.82 Å². The van der Waals surface area contributed by atoms with Gasteiger partial charge in [0.05, 0.1) is 6.04 Å². The summed E-state index contributed by atoms with van der Waals surface area (Å²) in [5.74, 6) is 0.152. The van der Waals surface area contributed by atoms with Gasteiger partial charge in [-0.05, 0) is 17.5 Å². The Morgan fingerprint density at radius 1 is 1.50 bits per heavy atom. The second-order valence-electron chi connectivity index (χ2n) is 4.68. The van der Waals surface area contributed by atoms with Crippen LogP contribution in [0.2, 0.25) is 5.15 Å². The maximum atomic E-state index is 11.8. The van der Waals surface area contributed by atoms with Gasteiger partial charge in [0.25, 0.3) is 0 Å². The summed E-state index contributed by atoms with van der Waals surface area (Å²) in [4.78, 5) is 15.7. The number of anilines is 1. The summed E-state index contributed by atoms with van der Waals surface area (Å²) in [5.41, 5.74) is 5.52. The smallest absolute Gasteiger partial charge is 0.242 e. The molecule has 0 aromatic carbocycles. The van der Waals surface area contributed by atoms with Gasteiger partial charge < -0.3 is 11.1 Å². The topological polar surface area (TPSA) is 68.0 Å². The highest BCUT2D eigenvalue weighted by Crippen LogP contribution is 2.18. The Balaban J connectivity index is 2.72. The monoisotopic (exact) mass is 241 g/mol. The molecular formula is C11H16ClN3O. The van der Waals surface area contributed by atoms with Gasteiger partial charge in [-0.3, -0.25) is 4.79 Å². The Kier molecular flexibility index (Phi) is 3.88. The molecule has 16 heavy (non-hydrogen) atoms. The van der Waals surface area contributed by atoms with Crippen molar-refractivity contribution in [1.82, 2.24) is 4.98 Å². The molecule has 0 aliphatic heterocycles. The fourth-order valence-corrected chi connectivity index (χ4v) is 1.24. The minimum Gasteiger partial charge on any atom is -0.319 e. The predicted molar refractivity (Wildman–Crippen MR) is 65.3 cm³/mol. The molecule has 0 radical (unpaired) electrons. The molecule has 1 aromatic rings. The van der Waals surface area contributed by atoms with Crippen LogP contribution in [0.3, 0.4) is 0 Å². The zero-order valence-corrected chi connectivity index (χ0v) is 10.4. The van der Waals surface area contributed by atoms with E-state index in [9.17, 15) is 4.79 Å². The van der Waals surface area contributed by atoms with Crippen molar-refractivity contribution in [3.8, 4) is 0 Å². The molecule has 0 bridgehead atoms. The van der Waals surface area contributed by atoms with E-state index in [4.69, 9.17) is 17.3 Å². The van der Waals surface area contributed by atoms with Gasteiger partial charge in [0.15, 0.2) is 0 Å². The van der Waals surface area contributed by atoms with Crippen molar-refractivity contribution in [2.24, 2.45) is 11.1 Å². The lowest BCUT2D eigenvalue weighted by Gasteiger charge is -2.25. The van der Waals surface area contributed by atoms with Crippen LogP contribution in [0, 0.1) is 5.41 Å². The number of rotatable bonds is 2. The summed E-state index contributed by atoms with van der Waals surface area (Å²) >= 11 is 5.70. The van der Waals surface area contributed by atoms with Crippen LogP contribution < -0.4 is 11.1 Å². The maximum absolute atomic E-state index is 11.8. The zero-order chi connectivity index (χ0) is 12.3. The molecule has 4 nitrogen and oxygen atoms in total. The van der Waals surface area contributed by atoms with Gasteiger partial charge in [-0.15, -0.1) is 0 Å². The lowest BCUT2D eigenvalue weighted by Crippen LogP contribution is -2.45. The SMILES string of the molecule is CC(C)(C)[C@@H](N)C(=O)Nc1cccc(Cl)n1. The van der Waals surface area contributed by atoms with Gasteiger partial charge in [0, 0.05) is 0 Å². The van der Waals surface area contributed by atoms with Gasteiger partial charge in [0.2, 0.25) is 5.91 Å². The van der Waals surface area contributed by atoms with E-state index in [0.717, 1.165) is 0 Å². The van der Waals surface area contributed by atoms with Crippen molar-refractivity contribution >= 4 is 23.3 Å². The normalized spacial score (nSPS) is 13.3. The van der Waals surface area contributed by atoms with Crippen LogP contribution in [-0.2, 0) is 4.79 Å². The van der Waals surface area contributed by atoms with Gasteiger partial charge in [0.1, 0.15) is 11.0 Å². The molecule has 1 aromatic heterocycles. The van der Waals surface area contributed by atoms with E-state index < -0.39 is 6.04 Å². The molecule has 0 saturated heterocycles. The average Bonchev–Trinajstić information content (AvgIpc) is 2.15. The van der Waals surface area contributed by atoms with Crippen molar-refractivity contribution < 1.29 is 4.79 Å². The molecular weight excluding hydrogens is 226 g/mol. The van der Waals surface area contributed by atoms with Crippen molar-refractivity contribution in [1.29, 1.82) is 0 Å². The standard InChI is InChI=1S/C11H16ClN3O/c1-11(2,3)9(13)10(16)15-8-6-4-5-7(12)14-8/h4-6,9H,13H2,1-3H3,(H,14,15,16)/t9-/m0/s1. The lowest BCUT2D eigenvalue weighted by atomic mass is 9.87. The van der Waals surface area contributed by atoms with Crippen LogP contribution in [0.1, 0.15) is 20.8 Å². The third kappa shape index (κ3) is 3.47. The van der Waals surface area contributed by atoms with E-state index in [2.05, 4.69) is 10.3 Å². The molecule has 0 aliphatic rings. The molecule has 88 valence electrons. The predicted octanol–water partition coefficient (Wildman–Crippen LogP) is 2.05. The van der Waals surface area contributed by atoms with E-state index in [-0.39, 0.29) is 11.3 Å². The molecule has 1 rings (SSSR count). The molecule has 0 fully saturated rings. The zero-order valence-electron chi connectivity index (χ0n) is 9.62. The Morgan fingerprint density at radius 2 is 2.12 bits per heavy atom. The first-order chi connectivity index (χ1) is 7.30. The van der Waals surface area contributed by atoms with Crippen LogP contribution in [0.5, 0.6) is 0 Å². The van der Waals surface area contributed by atoms with Gasteiger partial charge in [-0.1, -0.05) is 38.4 Å². The first-order valence-electron chi connectivity index (χ1n) is 5.00. The van der Waals surface area contributed by atoms with E-state index >= 15 is 0 Å². The molecule has 0 saturated carbocycles. The van der Waals surface area contributed by atoms with Gasteiger partial charge >= 0.3 is 0 Å². The highest BCUT2D eigenvalue weighted by atomic mass is 35.5. The molecule has 0 unspecified atom stereocenters. The van der Waals surface area contributed by atoms with E-state index in [1.165, 1.54) is 0 Å². The minimum absolute atomic E-state index is 0.262. The van der Waals surface area contributed by atoms with E-state index in [0.29, 0.717) is 11.0 Å². The number of hydrogen-bond donors (Lipinski definition) is 2. The number of hydrogen-bond acceptors (Lipinski definition) is 3. The van der Waals surface area contributed by atoms with Crippen LogP contribution in [0.15, 0.2) is 18.2 Å². The van der Waals surface area contributed by atoms with Crippen LogP contribution in [0.25, 0.3) is 0 Å². The number of nitrogens with two attached hydrogens (primary N) is 1. The molecule has 5 heteroatoms. The summed E-state index contributed by atoms with van der Waals surface area (Å²) in [7, 11) is 0. The largest absolute Gasteiger partial charge is 0.319 e. The van der Waals surface area contributed by atoms with E-state index in [1.807, 2.05) is 20.8 Å². The number of nitrogens with zero attached hydrogens (tertiary/aromatic N) is 1. The Bertz CT molecular complexity index is 387. The Morgan fingerprint density at radius 3 is 2.62 bits per heavy atom. The number of carbonyl (C=O) groups is 1. The molecule has 0 spiro atoms. The molecule has 0 aliphatic carbocycles. The number of halogens is 1. The van der Waals surface area contributed by atoms with Crippen molar-refractivity contribution in [2.75, 3.05) is 5.32 Å². The Labute approximate surface area is 100 Å². The highest BCUT2D eigenvalue weighted by Gasteiger charge is 2.27. The van der Waals surface area contributed by atoms with E-state index in [1.54, 1.807) is 18.2 Å². The molecule has 1 heterocycles. The number of pyridine rings is 1. The van der Waals surface area contributed by atoms with Crippen LogP contribution in [-0.4, -0.2) is 16.9 Å². The first kappa shape index (κ1) is 12.9. The summed E-state index contributed by atoms with van der Waals surface area (Å²) in [5, 5.41) is 2.96. The van der Waals surface area contributed by atoms with Gasteiger partial charge in [-0.25, -0.2) is 4.98 Å². The summed E-state index contributed by atoms with van der Waals surface area (Å²) < 4.78 is 0. The third-order valence-corrected chi connectivity index (χ3v) is 2.39. The van der Waals surface area contributed by atoms with Gasteiger partial charge in [-0.2, -0.15) is 0 Å². The highest BCUT2D eigenvalue weighted by molar-refractivity contribution is 6.29. The Hall–Kier alpha value is -1.13. The second kappa shape index (κ2) is 4.80. The maximum Gasteiger partial charge on any atom is 0.242 e. The molecule has 1 amide bonds. The number of carbonyl (C=O) groups excluding carboxylic acids is 1. The third-order valence-electron chi connectivity index (χ3n) is 2.18. The molecule has 3 N–H and O–H groups in total. The fourth-order valence-electron chi connectivity index (χ4n) is 1.08. The number of aromatic nitrogens is 1. The average molecular weight is 242 g/mol.